The molecular formula is C9H14O. The molecule has 56 valence electrons. The van der Waals surface area contributed by atoms with Gasteiger partial charge < -0.3 is 0 Å². The minimum Gasteiger partial charge on any atom is -0.295 e. The third-order valence-corrected chi connectivity index (χ3v) is 2.24. The Bertz CT molecular complexity index is 158. The normalized spacial score (nSPS) is 28.3. The van der Waals surface area contributed by atoms with E-state index in [2.05, 4.69) is 13.5 Å². The van der Waals surface area contributed by atoms with E-state index in [-0.39, 0.29) is 5.78 Å². The summed E-state index contributed by atoms with van der Waals surface area (Å²) in [6, 6.07) is 0. The molecule has 0 heterocycles. The van der Waals surface area contributed by atoms with Crippen molar-refractivity contribution >= 4 is 5.78 Å². The molecule has 0 amide bonds. The molecule has 1 aliphatic carbocycles. The number of hydrogen-bond donors (Lipinski definition) is 0. The summed E-state index contributed by atoms with van der Waals surface area (Å²) in [5, 5.41) is 0. The van der Waals surface area contributed by atoms with Gasteiger partial charge in [0.05, 0.1) is 0 Å². The molecule has 0 aromatic heterocycles. The van der Waals surface area contributed by atoms with Crippen LogP contribution in [0.25, 0.3) is 0 Å². The molecular weight excluding hydrogens is 124 g/mol. The molecule has 1 unspecified atom stereocenters. The van der Waals surface area contributed by atoms with Crippen LogP contribution in [-0.4, -0.2) is 5.78 Å². The molecule has 1 fully saturated rings. The van der Waals surface area contributed by atoms with E-state index >= 15 is 0 Å². The topological polar surface area (TPSA) is 17.1 Å². The van der Waals surface area contributed by atoms with Gasteiger partial charge in [-0.1, -0.05) is 19.9 Å². The lowest BCUT2D eigenvalue weighted by Gasteiger charge is -2.06. The summed E-state index contributed by atoms with van der Waals surface area (Å²) in [5.41, 5.74) is 0.845. The Kier molecular flexibility index (Phi) is 2.25. The van der Waals surface area contributed by atoms with Gasteiger partial charge >= 0.3 is 0 Å². The molecule has 1 rings (SSSR count). The van der Waals surface area contributed by atoms with Crippen LogP contribution in [0, 0.1) is 5.92 Å². The maximum absolute atomic E-state index is 11.1. The zero-order valence-corrected chi connectivity index (χ0v) is 6.52. The van der Waals surface area contributed by atoms with Gasteiger partial charge in [-0.25, -0.2) is 0 Å². The molecule has 0 aliphatic heterocycles. The number of ketones is 1. The first-order valence-corrected chi connectivity index (χ1v) is 3.94. The summed E-state index contributed by atoms with van der Waals surface area (Å²) in [5.74, 6) is 0.708. The predicted molar refractivity (Wildman–Crippen MR) is 41.8 cm³/mol. The van der Waals surface area contributed by atoms with Gasteiger partial charge in [0.15, 0.2) is 5.78 Å². The average Bonchev–Trinajstić information content (AvgIpc) is 2.04. The Morgan fingerprint density at radius 2 is 2.20 bits per heavy atom. The molecule has 0 saturated heterocycles. The molecule has 1 nitrogen and oxygen atoms in total. The predicted octanol–water partition coefficient (Wildman–Crippen LogP) is 2.32. The van der Waals surface area contributed by atoms with Crippen LogP contribution in [0.5, 0.6) is 0 Å². The van der Waals surface area contributed by atoms with Crippen LogP contribution in [0.1, 0.15) is 32.6 Å². The van der Waals surface area contributed by atoms with Crippen molar-refractivity contribution in [1.29, 1.82) is 0 Å². The molecule has 0 radical (unpaired) electrons. The fourth-order valence-electron chi connectivity index (χ4n) is 1.35. The first kappa shape index (κ1) is 7.52. The van der Waals surface area contributed by atoms with Gasteiger partial charge in [-0.05, 0) is 24.3 Å². The van der Waals surface area contributed by atoms with Crippen molar-refractivity contribution in [3.8, 4) is 0 Å². The molecule has 0 spiro atoms. The van der Waals surface area contributed by atoms with E-state index in [0.29, 0.717) is 5.92 Å². The Morgan fingerprint density at radius 1 is 1.50 bits per heavy atom. The van der Waals surface area contributed by atoms with Gasteiger partial charge in [0.25, 0.3) is 0 Å². The van der Waals surface area contributed by atoms with Crippen LogP contribution < -0.4 is 0 Å². The number of rotatable bonds is 0. The largest absolute Gasteiger partial charge is 0.295 e. The zero-order valence-electron chi connectivity index (χ0n) is 6.52. The van der Waals surface area contributed by atoms with Gasteiger partial charge in [-0.2, -0.15) is 0 Å². The van der Waals surface area contributed by atoms with Gasteiger partial charge in [0.2, 0.25) is 0 Å². The van der Waals surface area contributed by atoms with Crippen LogP contribution in [0.4, 0.5) is 0 Å². The summed E-state index contributed by atoms with van der Waals surface area (Å²) in [6.45, 7) is 5.88. The molecule has 0 aromatic rings. The number of allylic oxidation sites excluding steroid dienone is 1. The molecule has 10 heavy (non-hydrogen) atoms. The van der Waals surface area contributed by atoms with Crippen LogP contribution in [0.2, 0.25) is 0 Å². The third kappa shape index (κ3) is 1.47. The number of Topliss-reactive ketones (excluding diaryl/α,β-unsaturated/α-hetero) is 1. The molecule has 1 saturated carbocycles. The number of carbonyl (C=O) groups excluding carboxylic acids is 1. The lowest BCUT2D eigenvalue weighted by atomic mass is 9.97. The summed E-state index contributed by atoms with van der Waals surface area (Å²) in [4.78, 5) is 11.1. The minimum atomic E-state index is 0.282. The highest BCUT2D eigenvalue weighted by Gasteiger charge is 2.17. The highest BCUT2D eigenvalue weighted by molar-refractivity contribution is 5.95. The number of hydrogen-bond acceptors (Lipinski definition) is 1. The highest BCUT2D eigenvalue weighted by atomic mass is 16.1. The SMILES string of the molecule is C=C1C(=O)CCCCC1C. The Balaban J connectivity index is 2.64. The molecule has 1 atom stereocenters. The van der Waals surface area contributed by atoms with E-state index in [1.165, 1.54) is 6.42 Å². The monoisotopic (exact) mass is 138 g/mol. The second-order valence-electron chi connectivity index (χ2n) is 3.10. The zero-order chi connectivity index (χ0) is 7.56. The van der Waals surface area contributed by atoms with E-state index in [1.807, 2.05) is 0 Å². The van der Waals surface area contributed by atoms with Gasteiger partial charge in [0, 0.05) is 6.42 Å². The standard InChI is InChI=1S/C9H14O/c1-7-5-3-4-6-9(10)8(7)2/h7H,2-6H2,1H3. The Hall–Kier alpha value is -0.590. The van der Waals surface area contributed by atoms with E-state index in [1.54, 1.807) is 0 Å². The van der Waals surface area contributed by atoms with Gasteiger partial charge in [-0.15, -0.1) is 0 Å². The highest BCUT2D eigenvalue weighted by Crippen LogP contribution is 2.23. The van der Waals surface area contributed by atoms with Crippen molar-refractivity contribution < 1.29 is 4.79 Å². The summed E-state index contributed by atoms with van der Waals surface area (Å²) >= 11 is 0. The molecule has 1 aliphatic rings. The lowest BCUT2D eigenvalue weighted by molar-refractivity contribution is -0.115. The van der Waals surface area contributed by atoms with Crippen molar-refractivity contribution in [2.75, 3.05) is 0 Å². The van der Waals surface area contributed by atoms with Gasteiger partial charge in [0.1, 0.15) is 0 Å². The summed E-state index contributed by atoms with van der Waals surface area (Å²) in [6.07, 6.45) is 4.11. The van der Waals surface area contributed by atoms with E-state index in [9.17, 15) is 4.79 Å². The molecule has 1 heteroatoms. The molecule has 0 N–H and O–H groups in total. The van der Waals surface area contributed by atoms with Crippen molar-refractivity contribution in [3.63, 3.8) is 0 Å². The molecule has 0 aromatic carbocycles. The van der Waals surface area contributed by atoms with Crippen molar-refractivity contribution in [3.05, 3.63) is 12.2 Å². The van der Waals surface area contributed by atoms with Gasteiger partial charge in [-0.3, -0.25) is 4.79 Å². The maximum Gasteiger partial charge on any atom is 0.158 e. The van der Waals surface area contributed by atoms with Crippen LogP contribution in [-0.2, 0) is 4.79 Å². The molecule has 0 bridgehead atoms. The maximum atomic E-state index is 11.1. The minimum absolute atomic E-state index is 0.282. The average molecular weight is 138 g/mol. The smallest absolute Gasteiger partial charge is 0.158 e. The van der Waals surface area contributed by atoms with E-state index in [0.717, 1.165) is 24.8 Å². The fourth-order valence-corrected chi connectivity index (χ4v) is 1.35. The Labute approximate surface area is 62.1 Å². The van der Waals surface area contributed by atoms with Crippen molar-refractivity contribution in [2.24, 2.45) is 5.92 Å². The second-order valence-corrected chi connectivity index (χ2v) is 3.10. The third-order valence-electron chi connectivity index (χ3n) is 2.24. The quantitative estimate of drug-likeness (QED) is 0.371. The summed E-state index contributed by atoms with van der Waals surface area (Å²) in [7, 11) is 0. The summed E-state index contributed by atoms with van der Waals surface area (Å²) < 4.78 is 0. The fraction of sp³-hybridized carbons (Fsp3) is 0.667. The first-order chi connectivity index (χ1) is 4.72. The van der Waals surface area contributed by atoms with Crippen LogP contribution in [0.15, 0.2) is 12.2 Å². The van der Waals surface area contributed by atoms with E-state index < -0.39 is 0 Å². The van der Waals surface area contributed by atoms with Crippen LogP contribution >= 0.6 is 0 Å². The van der Waals surface area contributed by atoms with E-state index in [4.69, 9.17) is 0 Å². The van der Waals surface area contributed by atoms with Crippen LogP contribution in [0.3, 0.4) is 0 Å². The Morgan fingerprint density at radius 3 is 2.90 bits per heavy atom. The van der Waals surface area contributed by atoms with Crippen molar-refractivity contribution in [2.45, 2.75) is 32.6 Å². The second kappa shape index (κ2) is 3.00. The number of carbonyl (C=O) groups is 1. The first-order valence-electron chi connectivity index (χ1n) is 3.94. The lowest BCUT2D eigenvalue weighted by Crippen LogP contribution is -2.05. The van der Waals surface area contributed by atoms with Crippen molar-refractivity contribution in [1.82, 2.24) is 0 Å².